The van der Waals surface area contributed by atoms with Crippen LogP contribution in [0.5, 0.6) is 0 Å². The van der Waals surface area contributed by atoms with Crippen LogP contribution in [0.25, 0.3) is 0 Å². The van der Waals surface area contributed by atoms with Crippen LogP contribution in [0.2, 0.25) is 0 Å². The van der Waals surface area contributed by atoms with Gasteiger partial charge in [-0.2, -0.15) is 0 Å². The number of Topliss-reactive ketones (excluding diaryl/α,β-unsaturated/α-hetero) is 1. The molecule has 0 amide bonds. The molecule has 98 valence electrons. The number of nitrogens with zero attached hydrogens (tertiary/aromatic N) is 1. The third-order valence-electron chi connectivity index (χ3n) is 4.83. The molecular formula is C15H27NO. The monoisotopic (exact) mass is 237 g/mol. The van der Waals surface area contributed by atoms with Gasteiger partial charge in [-0.25, -0.2) is 0 Å². The normalized spacial score (nSPS) is 34.2. The van der Waals surface area contributed by atoms with Gasteiger partial charge in [-0.05, 0) is 38.6 Å². The van der Waals surface area contributed by atoms with E-state index in [1.54, 1.807) is 0 Å². The molecule has 0 aromatic heterocycles. The second-order valence-electron chi connectivity index (χ2n) is 6.54. The number of hydrogen-bond acceptors (Lipinski definition) is 2. The van der Waals surface area contributed by atoms with Crippen LogP contribution < -0.4 is 0 Å². The molecule has 0 aromatic carbocycles. The van der Waals surface area contributed by atoms with Gasteiger partial charge >= 0.3 is 0 Å². The van der Waals surface area contributed by atoms with Crippen molar-refractivity contribution in [2.24, 2.45) is 11.3 Å². The van der Waals surface area contributed by atoms with E-state index < -0.39 is 0 Å². The first-order valence-electron chi connectivity index (χ1n) is 7.33. The van der Waals surface area contributed by atoms with Crippen molar-refractivity contribution in [1.29, 1.82) is 0 Å². The van der Waals surface area contributed by atoms with Gasteiger partial charge < -0.3 is 0 Å². The zero-order valence-electron chi connectivity index (χ0n) is 11.7. The fourth-order valence-electron chi connectivity index (χ4n) is 3.56. The molecule has 2 rings (SSSR count). The van der Waals surface area contributed by atoms with Gasteiger partial charge in [-0.3, -0.25) is 9.69 Å². The van der Waals surface area contributed by atoms with E-state index in [1.807, 2.05) is 0 Å². The Morgan fingerprint density at radius 3 is 2.65 bits per heavy atom. The number of rotatable bonds is 3. The average molecular weight is 237 g/mol. The molecule has 0 N–H and O–H groups in total. The molecule has 0 aromatic rings. The van der Waals surface area contributed by atoms with Crippen molar-refractivity contribution in [2.45, 2.75) is 65.3 Å². The first-order valence-corrected chi connectivity index (χ1v) is 7.33. The molecule has 1 heterocycles. The number of ketones is 1. The Labute approximate surface area is 106 Å². The number of likely N-dealkylation sites (tertiary alicyclic amines) is 1. The lowest BCUT2D eigenvalue weighted by Gasteiger charge is -2.36. The first kappa shape index (κ1) is 13.1. The van der Waals surface area contributed by atoms with E-state index in [2.05, 4.69) is 25.7 Å². The summed E-state index contributed by atoms with van der Waals surface area (Å²) >= 11 is 0. The lowest BCUT2D eigenvalue weighted by molar-refractivity contribution is -0.128. The maximum absolute atomic E-state index is 12.3. The number of piperidine rings is 1. The van der Waals surface area contributed by atoms with Gasteiger partial charge in [-0.15, -0.1) is 0 Å². The number of hydrogen-bond donors (Lipinski definition) is 0. The van der Waals surface area contributed by atoms with Gasteiger partial charge in [0.25, 0.3) is 0 Å². The molecule has 1 saturated heterocycles. The van der Waals surface area contributed by atoms with Gasteiger partial charge in [0.15, 0.2) is 0 Å². The zero-order chi connectivity index (χ0) is 12.5. The molecule has 0 spiro atoms. The summed E-state index contributed by atoms with van der Waals surface area (Å²) in [6, 6.07) is 0.736. The standard InChI is InChI=1S/C15H27NO/c1-4-13-7-5-6-10-16(13)11-12-8-9-15(2,3)14(12)17/h12-13H,4-11H2,1-3H3. The summed E-state index contributed by atoms with van der Waals surface area (Å²) in [6.45, 7) is 8.75. The van der Waals surface area contributed by atoms with Crippen molar-refractivity contribution in [3.8, 4) is 0 Å². The Morgan fingerprint density at radius 2 is 2.06 bits per heavy atom. The van der Waals surface area contributed by atoms with Crippen molar-refractivity contribution in [2.75, 3.05) is 13.1 Å². The highest BCUT2D eigenvalue weighted by Gasteiger charge is 2.41. The Bertz CT molecular complexity index is 285. The smallest absolute Gasteiger partial charge is 0.142 e. The molecular weight excluding hydrogens is 210 g/mol. The second-order valence-corrected chi connectivity index (χ2v) is 6.54. The highest BCUT2D eigenvalue weighted by atomic mass is 16.1. The molecule has 2 aliphatic rings. The van der Waals surface area contributed by atoms with Gasteiger partial charge in [0.05, 0.1) is 0 Å². The van der Waals surface area contributed by atoms with E-state index in [-0.39, 0.29) is 5.41 Å². The minimum absolute atomic E-state index is 0.0534. The lowest BCUT2D eigenvalue weighted by Crippen LogP contribution is -2.43. The second kappa shape index (κ2) is 5.09. The SMILES string of the molecule is CCC1CCCCN1CC1CCC(C)(C)C1=O. The molecule has 0 radical (unpaired) electrons. The van der Waals surface area contributed by atoms with E-state index >= 15 is 0 Å². The largest absolute Gasteiger partial charge is 0.300 e. The molecule has 2 unspecified atom stereocenters. The third-order valence-corrected chi connectivity index (χ3v) is 4.83. The molecule has 2 heteroatoms. The van der Waals surface area contributed by atoms with Crippen LogP contribution >= 0.6 is 0 Å². The lowest BCUT2D eigenvalue weighted by atomic mass is 9.88. The number of carbonyl (C=O) groups excluding carboxylic acids is 1. The summed E-state index contributed by atoms with van der Waals surface area (Å²) in [6.07, 6.45) is 7.46. The summed E-state index contributed by atoms with van der Waals surface area (Å²) < 4.78 is 0. The molecule has 2 nitrogen and oxygen atoms in total. The predicted octanol–water partition coefficient (Wildman–Crippen LogP) is 3.26. The van der Waals surface area contributed by atoms with E-state index in [4.69, 9.17) is 0 Å². The molecule has 2 atom stereocenters. The van der Waals surface area contributed by atoms with Crippen LogP contribution in [-0.2, 0) is 4.79 Å². The molecule has 1 aliphatic heterocycles. The first-order chi connectivity index (χ1) is 8.04. The van der Waals surface area contributed by atoms with Crippen LogP contribution in [0.1, 0.15) is 59.3 Å². The minimum atomic E-state index is -0.0534. The van der Waals surface area contributed by atoms with Gasteiger partial charge in [0.1, 0.15) is 5.78 Å². The summed E-state index contributed by atoms with van der Waals surface area (Å²) in [7, 11) is 0. The maximum atomic E-state index is 12.3. The van der Waals surface area contributed by atoms with Crippen molar-refractivity contribution in [1.82, 2.24) is 4.90 Å². The van der Waals surface area contributed by atoms with Gasteiger partial charge in [0, 0.05) is 23.9 Å². The average Bonchev–Trinajstić information content (AvgIpc) is 2.57. The molecule has 0 bridgehead atoms. The van der Waals surface area contributed by atoms with Crippen molar-refractivity contribution < 1.29 is 4.79 Å². The highest BCUT2D eigenvalue weighted by Crippen LogP contribution is 2.38. The fourth-order valence-corrected chi connectivity index (χ4v) is 3.56. The van der Waals surface area contributed by atoms with E-state index in [1.165, 1.54) is 32.2 Å². The van der Waals surface area contributed by atoms with Gasteiger partial charge in [-0.1, -0.05) is 27.2 Å². The highest BCUT2D eigenvalue weighted by molar-refractivity contribution is 5.88. The summed E-state index contributed by atoms with van der Waals surface area (Å²) in [5.74, 6) is 0.829. The van der Waals surface area contributed by atoms with Crippen LogP contribution in [0, 0.1) is 11.3 Å². The van der Waals surface area contributed by atoms with Crippen LogP contribution in [0.15, 0.2) is 0 Å². The zero-order valence-corrected chi connectivity index (χ0v) is 11.7. The van der Waals surface area contributed by atoms with Crippen LogP contribution in [0.3, 0.4) is 0 Å². The molecule has 2 fully saturated rings. The molecule has 17 heavy (non-hydrogen) atoms. The fraction of sp³-hybridized carbons (Fsp3) is 0.933. The summed E-state index contributed by atoms with van der Waals surface area (Å²) in [5.41, 5.74) is -0.0534. The third kappa shape index (κ3) is 2.73. The van der Waals surface area contributed by atoms with Gasteiger partial charge in [0.2, 0.25) is 0 Å². The molecule has 1 aliphatic carbocycles. The topological polar surface area (TPSA) is 20.3 Å². The number of carbonyl (C=O) groups is 1. The van der Waals surface area contributed by atoms with Crippen molar-refractivity contribution in [3.63, 3.8) is 0 Å². The maximum Gasteiger partial charge on any atom is 0.142 e. The Kier molecular flexibility index (Phi) is 3.92. The molecule has 1 saturated carbocycles. The van der Waals surface area contributed by atoms with Crippen LogP contribution in [0.4, 0.5) is 0 Å². The van der Waals surface area contributed by atoms with Crippen molar-refractivity contribution in [3.05, 3.63) is 0 Å². The van der Waals surface area contributed by atoms with E-state index in [0.717, 1.165) is 25.4 Å². The van der Waals surface area contributed by atoms with E-state index in [9.17, 15) is 4.79 Å². The Hall–Kier alpha value is -0.370. The van der Waals surface area contributed by atoms with Crippen molar-refractivity contribution >= 4 is 5.78 Å². The summed E-state index contributed by atoms with van der Waals surface area (Å²) in [5, 5.41) is 0. The van der Waals surface area contributed by atoms with E-state index in [0.29, 0.717) is 11.7 Å². The Balaban J connectivity index is 1.94. The Morgan fingerprint density at radius 1 is 1.29 bits per heavy atom. The quantitative estimate of drug-likeness (QED) is 0.751. The summed E-state index contributed by atoms with van der Waals surface area (Å²) in [4.78, 5) is 14.9. The van der Waals surface area contributed by atoms with Crippen LogP contribution in [-0.4, -0.2) is 29.8 Å². The predicted molar refractivity (Wildman–Crippen MR) is 71.0 cm³/mol. The minimum Gasteiger partial charge on any atom is -0.300 e.